The molecule has 5 heteroatoms. The summed E-state index contributed by atoms with van der Waals surface area (Å²) in [7, 11) is 0. The molecule has 1 aliphatic rings. The van der Waals surface area contributed by atoms with Crippen molar-refractivity contribution in [1.29, 1.82) is 0 Å². The number of ether oxygens (including phenoxy) is 1. The summed E-state index contributed by atoms with van der Waals surface area (Å²) in [5, 5.41) is 4.04. The standard InChI is InChI=1S/C15H19N3O2/c1-10-8-11(5-6-13(10)16)15-17-14(18-20-15)9-12-4-2-3-7-19-12/h5-6,8,12H,2-4,7,9,16H2,1H3. The number of aromatic nitrogens is 2. The number of hydrogen-bond donors (Lipinski definition) is 1. The molecule has 2 N–H and O–H groups in total. The van der Waals surface area contributed by atoms with Crippen molar-refractivity contribution in [2.75, 3.05) is 12.3 Å². The highest BCUT2D eigenvalue weighted by molar-refractivity contribution is 5.60. The molecule has 0 spiro atoms. The maximum Gasteiger partial charge on any atom is 0.257 e. The number of benzene rings is 1. The van der Waals surface area contributed by atoms with Crippen molar-refractivity contribution in [2.24, 2.45) is 0 Å². The molecule has 0 aliphatic carbocycles. The van der Waals surface area contributed by atoms with Gasteiger partial charge in [0, 0.05) is 24.3 Å². The van der Waals surface area contributed by atoms with Gasteiger partial charge in [-0.2, -0.15) is 4.98 Å². The van der Waals surface area contributed by atoms with Crippen molar-refractivity contribution >= 4 is 5.69 Å². The number of anilines is 1. The van der Waals surface area contributed by atoms with Gasteiger partial charge in [0.2, 0.25) is 0 Å². The fourth-order valence-corrected chi connectivity index (χ4v) is 2.43. The van der Waals surface area contributed by atoms with Crippen LogP contribution in [0.1, 0.15) is 30.7 Å². The lowest BCUT2D eigenvalue weighted by atomic mass is 10.1. The van der Waals surface area contributed by atoms with Gasteiger partial charge in [0.15, 0.2) is 5.82 Å². The average Bonchev–Trinajstić information content (AvgIpc) is 2.91. The second-order valence-electron chi connectivity index (χ2n) is 5.28. The highest BCUT2D eigenvalue weighted by Gasteiger charge is 2.18. The van der Waals surface area contributed by atoms with Crippen molar-refractivity contribution in [2.45, 2.75) is 38.7 Å². The number of nitrogens with zero attached hydrogens (tertiary/aromatic N) is 2. The molecule has 1 fully saturated rings. The molecule has 1 aromatic carbocycles. The number of aryl methyl sites for hydroxylation is 1. The largest absolute Gasteiger partial charge is 0.399 e. The van der Waals surface area contributed by atoms with Crippen LogP contribution in [0.5, 0.6) is 0 Å². The zero-order valence-corrected chi connectivity index (χ0v) is 11.6. The Bertz CT molecular complexity index is 589. The normalized spacial score (nSPS) is 19.1. The van der Waals surface area contributed by atoms with Gasteiger partial charge in [-0.3, -0.25) is 0 Å². The first-order valence-corrected chi connectivity index (χ1v) is 7.03. The molecule has 1 atom stereocenters. The van der Waals surface area contributed by atoms with E-state index in [4.69, 9.17) is 15.0 Å². The van der Waals surface area contributed by atoms with Crippen molar-refractivity contribution in [3.05, 3.63) is 29.6 Å². The maximum atomic E-state index is 5.81. The first kappa shape index (κ1) is 13.1. The molecule has 0 saturated carbocycles. The third-order valence-electron chi connectivity index (χ3n) is 3.67. The van der Waals surface area contributed by atoms with E-state index in [0.29, 0.717) is 11.7 Å². The number of nitrogens with two attached hydrogens (primary N) is 1. The second-order valence-corrected chi connectivity index (χ2v) is 5.28. The Hall–Kier alpha value is -1.88. The quantitative estimate of drug-likeness (QED) is 0.870. The first-order chi connectivity index (χ1) is 9.72. The molecule has 1 saturated heterocycles. The molecule has 3 rings (SSSR count). The summed E-state index contributed by atoms with van der Waals surface area (Å²) in [5.41, 5.74) is 8.49. The lowest BCUT2D eigenvalue weighted by molar-refractivity contribution is 0.0153. The van der Waals surface area contributed by atoms with Gasteiger partial charge in [-0.15, -0.1) is 0 Å². The van der Waals surface area contributed by atoms with E-state index in [1.165, 1.54) is 6.42 Å². The van der Waals surface area contributed by atoms with Crippen molar-refractivity contribution < 1.29 is 9.26 Å². The maximum absolute atomic E-state index is 5.81. The topological polar surface area (TPSA) is 74.2 Å². The van der Waals surface area contributed by atoms with Gasteiger partial charge in [0.1, 0.15) is 0 Å². The van der Waals surface area contributed by atoms with Gasteiger partial charge in [0.05, 0.1) is 6.10 Å². The van der Waals surface area contributed by atoms with Crippen molar-refractivity contribution in [1.82, 2.24) is 10.1 Å². The smallest absolute Gasteiger partial charge is 0.257 e. The Balaban J connectivity index is 1.73. The van der Waals surface area contributed by atoms with E-state index in [0.717, 1.165) is 42.7 Å². The third kappa shape index (κ3) is 2.82. The highest BCUT2D eigenvalue weighted by atomic mass is 16.5. The van der Waals surface area contributed by atoms with E-state index in [-0.39, 0.29) is 6.10 Å². The fourth-order valence-electron chi connectivity index (χ4n) is 2.43. The predicted molar refractivity (Wildman–Crippen MR) is 76.2 cm³/mol. The van der Waals surface area contributed by atoms with Gasteiger partial charge in [0.25, 0.3) is 5.89 Å². The third-order valence-corrected chi connectivity index (χ3v) is 3.67. The minimum absolute atomic E-state index is 0.224. The van der Waals surface area contributed by atoms with E-state index >= 15 is 0 Å². The summed E-state index contributed by atoms with van der Waals surface area (Å²) >= 11 is 0. The molecule has 0 bridgehead atoms. The average molecular weight is 273 g/mol. The molecule has 20 heavy (non-hydrogen) atoms. The summed E-state index contributed by atoms with van der Waals surface area (Å²) in [6, 6.07) is 5.72. The zero-order chi connectivity index (χ0) is 13.9. The molecule has 106 valence electrons. The SMILES string of the molecule is Cc1cc(-c2nc(CC3CCCCO3)no2)ccc1N. The summed E-state index contributed by atoms with van der Waals surface area (Å²) < 4.78 is 11.0. The van der Waals surface area contributed by atoms with Gasteiger partial charge in [-0.05, 0) is 49.9 Å². The Kier molecular flexibility index (Phi) is 3.69. The van der Waals surface area contributed by atoms with Crippen LogP contribution in [0.3, 0.4) is 0 Å². The molecular formula is C15H19N3O2. The first-order valence-electron chi connectivity index (χ1n) is 7.03. The van der Waals surface area contributed by atoms with Crippen LogP contribution in [0.25, 0.3) is 11.5 Å². The minimum atomic E-state index is 0.224. The van der Waals surface area contributed by atoms with Gasteiger partial charge in [-0.1, -0.05) is 5.16 Å². The highest BCUT2D eigenvalue weighted by Crippen LogP contribution is 2.23. The van der Waals surface area contributed by atoms with Crippen LogP contribution >= 0.6 is 0 Å². The lowest BCUT2D eigenvalue weighted by Crippen LogP contribution is -2.21. The summed E-state index contributed by atoms with van der Waals surface area (Å²) in [5.74, 6) is 1.25. The van der Waals surface area contributed by atoms with E-state index in [1.54, 1.807) is 0 Å². The van der Waals surface area contributed by atoms with E-state index < -0.39 is 0 Å². The van der Waals surface area contributed by atoms with Crippen LogP contribution in [-0.2, 0) is 11.2 Å². The molecular weight excluding hydrogens is 254 g/mol. The van der Waals surface area contributed by atoms with E-state index in [2.05, 4.69) is 10.1 Å². The van der Waals surface area contributed by atoms with Gasteiger partial charge < -0.3 is 15.0 Å². The minimum Gasteiger partial charge on any atom is -0.399 e. The summed E-state index contributed by atoms with van der Waals surface area (Å²) in [6.07, 6.45) is 4.38. The van der Waals surface area contributed by atoms with Gasteiger partial charge in [-0.25, -0.2) is 0 Å². The summed E-state index contributed by atoms with van der Waals surface area (Å²) in [4.78, 5) is 4.45. The Morgan fingerprint density at radius 1 is 1.35 bits per heavy atom. The van der Waals surface area contributed by atoms with Crippen LogP contribution in [0, 0.1) is 6.92 Å². The van der Waals surface area contributed by atoms with Crippen LogP contribution in [-0.4, -0.2) is 22.9 Å². The van der Waals surface area contributed by atoms with Crippen molar-refractivity contribution in [3.63, 3.8) is 0 Å². The monoisotopic (exact) mass is 273 g/mol. The van der Waals surface area contributed by atoms with Crippen LogP contribution in [0.15, 0.2) is 22.7 Å². The van der Waals surface area contributed by atoms with Crippen LogP contribution in [0.4, 0.5) is 5.69 Å². The molecule has 2 aromatic rings. The number of nitrogen functional groups attached to an aromatic ring is 1. The Labute approximate surface area is 118 Å². The molecule has 2 heterocycles. The molecule has 1 aliphatic heterocycles. The molecule has 5 nitrogen and oxygen atoms in total. The van der Waals surface area contributed by atoms with Gasteiger partial charge >= 0.3 is 0 Å². The number of hydrogen-bond acceptors (Lipinski definition) is 5. The van der Waals surface area contributed by atoms with E-state index in [9.17, 15) is 0 Å². The van der Waals surface area contributed by atoms with Crippen LogP contribution < -0.4 is 5.73 Å². The molecule has 1 aromatic heterocycles. The van der Waals surface area contributed by atoms with E-state index in [1.807, 2.05) is 25.1 Å². The molecule has 0 amide bonds. The zero-order valence-electron chi connectivity index (χ0n) is 11.6. The van der Waals surface area contributed by atoms with Crippen molar-refractivity contribution in [3.8, 4) is 11.5 Å². The number of rotatable bonds is 3. The Morgan fingerprint density at radius 2 is 2.25 bits per heavy atom. The Morgan fingerprint density at radius 3 is 3.00 bits per heavy atom. The lowest BCUT2D eigenvalue weighted by Gasteiger charge is -2.20. The molecule has 0 radical (unpaired) electrons. The fraction of sp³-hybridized carbons (Fsp3) is 0.467. The molecule has 1 unspecified atom stereocenters. The summed E-state index contributed by atoms with van der Waals surface area (Å²) in [6.45, 7) is 2.80. The van der Waals surface area contributed by atoms with Crippen LogP contribution in [0.2, 0.25) is 0 Å². The second kappa shape index (κ2) is 5.63. The predicted octanol–water partition coefficient (Wildman–Crippen LogP) is 2.74.